The van der Waals surface area contributed by atoms with Gasteiger partial charge in [-0.2, -0.15) is 8.78 Å². The van der Waals surface area contributed by atoms with Crippen molar-refractivity contribution in [3.8, 4) is 0 Å². The first-order chi connectivity index (χ1) is 10.8. The van der Waals surface area contributed by atoms with Crippen molar-refractivity contribution in [3.05, 3.63) is 24.3 Å². The molecule has 1 aromatic carbocycles. The third-order valence-corrected chi connectivity index (χ3v) is 5.36. The topological polar surface area (TPSA) is 98.5 Å². The maximum Gasteiger partial charge on any atom is 0.341 e. The first-order valence-electron chi connectivity index (χ1n) is 7.03. The summed E-state index contributed by atoms with van der Waals surface area (Å²) in [6.07, 6.45) is 0.898. The number of hydrogen-bond acceptors (Lipinski definition) is 5. The van der Waals surface area contributed by atoms with Crippen LogP contribution in [0.1, 0.15) is 12.8 Å². The zero-order chi connectivity index (χ0) is 17.1. The van der Waals surface area contributed by atoms with Gasteiger partial charge in [-0.3, -0.25) is 4.79 Å². The number of nitrogens with one attached hydrogen (secondary N) is 1. The van der Waals surface area contributed by atoms with E-state index in [0.717, 1.165) is 12.1 Å². The number of halogens is 2. The minimum atomic E-state index is -4.71. The molecular weight excluding hydrogens is 330 g/mol. The molecule has 0 unspecified atom stereocenters. The smallest absolute Gasteiger partial charge is 0.341 e. The van der Waals surface area contributed by atoms with Crippen molar-refractivity contribution in [1.29, 1.82) is 0 Å². The fourth-order valence-corrected chi connectivity index (χ4v) is 3.17. The van der Waals surface area contributed by atoms with Crippen LogP contribution >= 0.6 is 0 Å². The summed E-state index contributed by atoms with van der Waals surface area (Å²) in [5, 5.41) is 2.57. The third kappa shape index (κ3) is 3.67. The number of sulfone groups is 1. The molecule has 128 valence electrons. The molecule has 0 bridgehead atoms. The van der Waals surface area contributed by atoms with Gasteiger partial charge in [-0.05, 0) is 31.0 Å². The molecule has 1 aromatic rings. The van der Waals surface area contributed by atoms with Crippen LogP contribution in [-0.2, 0) is 19.4 Å². The molecule has 1 saturated heterocycles. The summed E-state index contributed by atoms with van der Waals surface area (Å²) in [6.45, 7) is 0.937. The number of ether oxygens (including phenoxy) is 1. The Morgan fingerprint density at radius 2 is 2.00 bits per heavy atom. The highest BCUT2D eigenvalue weighted by Gasteiger charge is 2.39. The highest BCUT2D eigenvalue weighted by molar-refractivity contribution is 7.91. The number of amides is 1. The number of alkyl halides is 2. The summed E-state index contributed by atoms with van der Waals surface area (Å²) >= 11 is 0. The lowest BCUT2D eigenvalue weighted by Gasteiger charge is -2.34. The molecule has 0 spiro atoms. The summed E-state index contributed by atoms with van der Waals surface area (Å²) in [6, 6.07) is 4.81. The second-order valence-electron chi connectivity index (χ2n) is 5.38. The van der Waals surface area contributed by atoms with E-state index < -0.39 is 25.9 Å². The van der Waals surface area contributed by atoms with Gasteiger partial charge in [0.2, 0.25) is 15.7 Å². The summed E-state index contributed by atoms with van der Waals surface area (Å²) in [7, 11) is -4.71. The third-order valence-electron chi connectivity index (χ3n) is 3.98. The molecule has 1 aliphatic rings. The monoisotopic (exact) mass is 348 g/mol. The first-order valence-corrected chi connectivity index (χ1v) is 8.58. The van der Waals surface area contributed by atoms with Crippen molar-refractivity contribution < 1.29 is 26.7 Å². The van der Waals surface area contributed by atoms with Crippen molar-refractivity contribution in [2.45, 2.75) is 23.5 Å². The molecule has 1 amide bonds. The van der Waals surface area contributed by atoms with Crippen molar-refractivity contribution in [3.63, 3.8) is 0 Å². The Kier molecular flexibility index (Phi) is 5.33. The molecule has 0 aliphatic carbocycles. The summed E-state index contributed by atoms with van der Waals surface area (Å²) in [5.41, 5.74) is 5.06. The first kappa shape index (κ1) is 17.8. The molecule has 0 aromatic heterocycles. The highest BCUT2D eigenvalue weighted by atomic mass is 32.2. The maximum atomic E-state index is 12.6. The van der Waals surface area contributed by atoms with Crippen molar-refractivity contribution >= 4 is 21.4 Å². The van der Waals surface area contributed by atoms with Gasteiger partial charge in [0.25, 0.3) is 0 Å². The predicted octanol–water partition coefficient (Wildman–Crippen LogP) is 1.38. The molecule has 2 rings (SSSR count). The van der Waals surface area contributed by atoms with Gasteiger partial charge in [0.05, 0.1) is 10.3 Å². The normalized spacial score (nSPS) is 17.9. The van der Waals surface area contributed by atoms with Crippen LogP contribution in [0.2, 0.25) is 0 Å². The number of carbonyl (C=O) groups excluding carboxylic acids is 1. The fraction of sp³-hybridized carbons (Fsp3) is 0.500. The van der Waals surface area contributed by atoms with E-state index in [9.17, 15) is 22.0 Å². The van der Waals surface area contributed by atoms with Gasteiger partial charge in [-0.15, -0.1) is 0 Å². The number of rotatable bonds is 5. The zero-order valence-corrected chi connectivity index (χ0v) is 13.1. The quantitative estimate of drug-likeness (QED) is 0.837. The van der Waals surface area contributed by atoms with E-state index in [-0.39, 0.29) is 18.1 Å². The zero-order valence-electron chi connectivity index (χ0n) is 12.3. The molecular formula is C14H18F2N2O4S. The van der Waals surface area contributed by atoms with E-state index >= 15 is 0 Å². The van der Waals surface area contributed by atoms with Crippen LogP contribution < -0.4 is 11.1 Å². The van der Waals surface area contributed by atoms with Crippen molar-refractivity contribution in [2.75, 3.05) is 25.1 Å². The minimum Gasteiger partial charge on any atom is -0.381 e. The SMILES string of the molecule is NCC1(C(=O)Nc2cccc(S(=O)(=O)C(F)F)c2)CCOCC1. The Labute approximate surface area is 132 Å². The number of benzene rings is 1. The molecule has 1 aliphatic heterocycles. The Balaban J connectivity index is 2.22. The fourth-order valence-electron chi connectivity index (χ4n) is 2.40. The Morgan fingerprint density at radius 3 is 2.57 bits per heavy atom. The second kappa shape index (κ2) is 6.90. The van der Waals surface area contributed by atoms with E-state index in [2.05, 4.69) is 5.32 Å². The molecule has 0 radical (unpaired) electrons. The molecule has 23 heavy (non-hydrogen) atoms. The van der Waals surface area contributed by atoms with Gasteiger partial charge in [0.1, 0.15) is 0 Å². The lowest BCUT2D eigenvalue weighted by Crippen LogP contribution is -2.46. The number of carbonyl (C=O) groups is 1. The van der Waals surface area contributed by atoms with E-state index in [1.165, 1.54) is 12.1 Å². The van der Waals surface area contributed by atoms with E-state index in [0.29, 0.717) is 26.1 Å². The molecule has 9 heteroatoms. The van der Waals surface area contributed by atoms with Gasteiger partial charge >= 0.3 is 5.76 Å². The van der Waals surface area contributed by atoms with Crippen LogP contribution in [0.4, 0.5) is 14.5 Å². The van der Waals surface area contributed by atoms with Crippen LogP contribution in [0.5, 0.6) is 0 Å². The Bertz CT molecular complexity index is 673. The van der Waals surface area contributed by atoms with Gasteiger partial charge in [-0.1, -0.05) is 6.07 Å². The van der Waals surface area contributed by atoms with Crippen LogP contribution in [0.3, 0.4) is 0 Å². The lowest BCUT2D eigenvalue weighted by atomic mass is 9.79. The van der Waals surface area contributed by atoms with Crippen LogP contribution in [0.15, 0.2) is 29.2 Å². The average Bonchev–Trinajstić information content (AvgIpc) is 2.55. The number of nitrogens with two attached hydrogens (primary N) is 1. The minimum absolute atomic E-state index is 0.122. The van der Waals surface area contributed by atoms with Gasteiger partial charge in [-0.25, -0.2) is 8.42 Å². The summed E-state index contributed by atoms with van der Waals surface area (Å²) in [5.74, 6) is -3.88. The number of anilines is 1. The van der Waals surface area contributed by atoms with E-state index in [1.54, 1.807) is 0 Å². The van der Waals surface area contributed by atoms with Gasteiger partial charge in [0.15, 0.2) is 0 Å². The van der Waals surface area contributed by atoms with E-state index in [4.69, 9.17) is 10.5 Å². The Hall–Kier alpha value is -1.58. The summed E-state index contributed by atoms with van der Waals surface area (Å²) < 4.78 is 53.4. The lowest BCUT2D eigenvalue weighted by molar-refractivity contribution is -0.130. The average molecular weight is 348 g/mol. The largest absolute Gasteiger partial charge is 0.381 e. The standard InChI is InChI=1S/C14H18F2N2O4S/c15-13(16)23(20,21)11-3-1-2-10(8-11)18-12(19)14(9-17)4-6-22-7-5-14/h1-3,8,13H,4-7,9,17H2,(H,18,19). The highest BCUT2D eigenvalue weighted by Crippen LogP contribution is 2.31. The number of hydrogen-bond donors (Lipinski definition) is 2. The summed E-state index contributed by atoms with van der Waals surface area (Å²) in [4.78, 5) is 11.9. The molecule has 6 nitrogen and oxygen atoms in total. The van der Waals surface area contributed by atoms with Crippen LogP contribution in [0.25, 0.3) is 0 Å². The molecule has 0 atom stereocenters. The maximum absolute atomic E-state index is 12.6. The van der Waals surface area contributed by atoms with Crippen molar-refractivity contribution in [2.24, 2.45) is 11.1 Å². The van der Waals surface area contributed by atoms with Gasteiger partial charge in [0, 0.05) is 25.4 Å². The molecule has 1 heterocycles. The molecule has 1 fully saturated rings. The molecule has 0 saturated carbocycles. The van der Waals surface area contributed by atoms with E-state index in [1.807, 2.05) is 0 Å². The van der Waals surface area contributed by atoms with Crippen LogP contribution in [-0.4, -0.2) is 39.8 Å². The second-order valence-corrected chi connectivity index (χ2v) is 7.30. The van der Waals surface area contributed by atoms with Crippen LogP contribution in [0, 0.1) is 5.41 Å². The van der Waals surface area contributed by atoms with Crippen molar-refractivity contribution in [1.82, 2.24) is 0 Å². The Morgan fingerprint density at radius 1 is 1.35 bits per heavy atom. The predicted molar refractivity (Wildman–Crippen MR) is 79.8 cm³/mol. The van der Waals surface area contributed by atoms with Gasteiger partial charge < -0.3 is 15.8 Å². The molecule has 3 N–H and O–H groups in total.